The Balaban J connectivity index is 0.000000161. The van der Waals surface area contributed by atoms with E-state index >= 15 is 0 Å². The average molecular weight is 678 g/mol. The molecule has 48 heavy (non-hydrogen) atoms. The van der Waals surface area contributed by atoms with Gasteiger partial charge in [0.05, 0.1) is 27.5 Å². The molecule has 3 fully saturated rings. The molecule has 246 valence electrons. The van der Waals surface area contributed by atoms with Crippen molar-refractivity contribution in [2.45, 2.75) is 46.1 Å². The van der Waals surface area contributed by atoms with Crippen molar-refractivity contribution < 1.29 is 21.9 Å². The summed E-state index contributed by atoms with van der Waals surface area (Å²) >= 11 is 0. The Morgan fingerprint density at radius 2 is 1.23 bits per heavy atom. The predicted octanol–water partition coefficient (Wildman–Crippen LogP) is 7.88. The number of hydrogen-bond acceptors (Lipinski definition) is 5. The minimum absolute atomic E-state index is 0.0128. The van der Waals surface area contributed by atoms with Gasteiger partial charge in [-0.15, -0.1) is 0 Å². The van der Waals surface area contributed by atoms with Gasteiger partial charge in [-0.3, -0.25) is 0 Å². The highest BCUT2D eigenvalue weighted by molar-refractivity contribution is 7.93. The SMILES string of the molecule is O=S(=O)(CC1=CC=[C+]C=C1)c1ccccc1.O=S(=O)(c1ccccc1)[C@]1(c2ccccc2)[C@@H](c2ccccc2)[C@@H]1C1CC1.OCC1CC1. The van der Waals surface area contributed by atoms with Gasteiger partial charge in [0.2, 0.25) is 0 Å². The van der Waals surface area contributed by atoms with Crippen LogP contribution in [0.4, 0.5) is 0 Å². The molecule has 4 aliphatic carbocycles. The van der Waals surface area contributed by atoms with Crippen molar-refractivity contribution >= 4 is 19.7 Å². The maximum absolute atomic E-state index is 14.0. The molecule has 8 rings (SSSR count). The molecule has 0 unspecified atom stereocenters. The van der Waals surface area contributed by atoms with Crippen LogP contribution in [-0.4, -0.2) is 34.3 Å². The van der Waals surface area contributed by atoms with Crippen molar-refractivity contribution in [2.75, 3.05) is 12.4 Å². The van der Waals surface area contributed by atoms with Gasteiger partial charge in [0.15, 0.2) is 19.7 Å². The van der Waals surface area contributed by atoms with Crippen LogP contribution in [0.1, 0.15) is 42.7 Å². The smallest absolute Gasteiger partial charge is 0.189 e. The Kier molecular flexibility index (Phi) is 10.2. The molecule has 1 N–H and O–H groups in total. The molecule has 3 atom stereocenters. The molecular formula is C41H41O5S2+. The highest BCUT2D eigenvalue weighted by Gasteiger charge is 2.76. The van der Waals surface area contributed by atoms with Gasteiger partial charge in [-0.25, -0.2) is 16.8 Å². The quantitative estimate of drug-likeness (QED) is 0.182. The van der Waals surface area contributed by atoms with Crippen LogP contribution in [0.2, 0.25) is 0 Å². The summed E-state index contributed by atoms with van der Waals surface area (Å²) < 4.78 is 51.2. The van der Waals surface area contributed by atoms with E-state index in [4.69, 9.17) is 5.11 Å². The molecule has 0 saturated heterocycles. The lowest BCUT2D eigenvalue weighted by atomic mass is 10.0. The average Bonchev–Trinajstić information content (AvgIpc) is 4.00. The molecule has 0 aromatic heterocycles. The lowest BCUT2D eigenvalue weighted by Crippen LogP contribution is -2.25. The van der Waals surface area contributed by atoms with Gasteiger partial charge < -0.3 is 5.11 Å². The van der Waals surface area contributed by atoms with Crippen LogP contribution in [0.5, 0.6) is 0 Å². The van der Waals surface area contributed by atoms with E-state index in [2.05, 4.69) is 18.2 Å². The van der Waals surface area contributed by atoms with Gasteiger partial charge in [0.1, 0.15) is 22.7 Å². The molecule has 0 amide bonds. The predicted molar refractivity (Wildman–Crippen MR) is 190 cm³/mol. The maximum atomic E-state index is 14.0. The van der Waals surface area contributed by atoms with E-state index in [0.717, 1.165) is 29.5 Å². The second kappa shape index (κ2) is 14.6. The second-order valence-corrected chi connectivity index (χ2v) is 17.0. The number of benzene rings is 4. The molecule has 4 aromatic rings. The molecule has 7 heteroatoms. The summed E-state index contributed by atoms with van der Waals surface area (Å²) in [5, 5.41) is 8.21. The van der Waals surface area contributed by atoms with Crippen LogP contribution in [0.15, 0.2) is 161 Å². The first kappa shape index (κ1) is 33.8. The highest BCUT2D eigenvalue weighted by Crippen LogP contribution is 2.75. The van der Waals surface area contributed by atoms with Gasteiger partial charge in [0.25, 0.3) is 0 Å². The molecule has 5 nitrogen and oxygen atoms in total. The Hall–Kier alpha value is -4.13. The Morgan fingerprint density at radius 1 is 0.688 bits per heavy atom. The minimum Gasteiger partial charge on any atom is -0.396 e. The number of hydrogen-bond donors (Lipinski definition) is 1. The van der Waals surface area contributed by atoms with E-state index in [-0.39, 0.29) is 17.6 Å². The standard InChI is InChI=1S/C24H22O2S.C13H11O2S.C4H8O/c25-27(26,21-14-8-3-9-15-21)24(20-12-6-2-7-13-20)22(23(24)19-16-17-19)18-10-4-1-5-11-18;14-16(15,13-9-5-2-6-10-13)11-12-7-3-1-4-8-12;5-3-4-1-2-4/h1-15,19,22-23H,16-17H2;2-10H,11H2;4-5H,1-3H2/q;+1;/t22-,23-,24+;;/m0../s1. The second-order valence-electron chi connectivity index (χ2n) is 12.8. The van der Waals surface area contributed by atoms with Crippen LogP contribution in [-0.2, 0) is 24.4 Å². The number of aliphatic hydroxyl groups excluding tert-OH is 1. The van der Waals surface area contributed by atoms with Crippen LogP contribution < -0.4 is 0 Å². The van der Waals surface area contributed by atoms with Crippen molar-refractivity contribution in [3.8, 4) is 0 Å². The third-order valence-corrected chi connectivity index (χ3v) is 13.7. The summed E-state index contributed by atoms with van der Waals surface area (Å²) in [6.07, 6.45) is 14.6. The van der Waals surface area contributed by atoms with Crippen molar-refractivity contribution in [3.63, 3.8) is 0 Å². The highest BCUT2D eigenvalue weighted by atomic mass is 32.2. The number of rotatable bonds is 9. The van der Waals surface area contributed by atoms with Crippen LogP contribution in [0, 0.1) is 23.8 Å². The van der Waals surface area contributed by atoms with Crippen molar-refractivity contribution in [3.05, 3.63) is 168 Å². The molecule has 3 saturated carbocycles. The van der Waals surface area contributed by atoms with Crippen LogP contribution in [0.25, 0.3) is 0 Å². The third-order valence-electron chi connectivity index (χ3n) is 9.42. The number of aliphatic hydroxyl groups is 1. The maximum Gasteiger partial charge on any atom is 0.189 e. The van der Waals surface area contributed by atoms with Crippen molar-refractivity contribution in [2.24, 2.45) is 17.8 Å². The van der Waals surface area contributed by atoms with Crippen LogP contribution >= 0.6 is 0 Å². The van der Waals surface area contributed by atoms with Gasteiger partial charge in [-0.1, -0.05) is 97.1 Å². The molecule has 0 bridgehead atoms. The third kappa shape index (κ3) is 7.30. The molecule has 4 aromatic carbocycles. The monoisotopic (exact) mass is 677 g/mol. The fourth-order valence-electron chi connectivity index (χ4n) is 6.70. The summed E-state index contributed by atoms with van der Waals surface area (Å²) in [5.41, 5.74) is 2.85. The molecule has 0 spiro atoms. The Labute approximate surface area is 285 Å². The zero-order valence-corrected chi connectivity index (χ0v) is 28.4. The number of allylic oxidation sites excluding steroid dienone is 5. The van der Waals surface area contributed by atoms with Gasteiger partial charge in [-0.05, 0) is 78.8 Å². The topological polar surface area (TPSA) is 88.5 Å². The molecular weight excluding hydrogens is 637 g/mol. The lowest BCUT2D eigenvalue weighted by Gasteiger charge is -2.21. The van der Waals surface area contributed by atoms with E-state index in [1.807, 2.05) is 66.7 Å². The largest absolute Gasteiger partial charge is 0.396 e. The van der Waals surface area contributed by atoms with Gasteiger partial charge in [0, 0.05) is 18.6 Å². The van der Waals surface area contributed by atoms with Crippen LogP contribution in [0.3, 0.4) is 0 Å². The van der Waals surface area contributed by atoms with Crippen molar-refractivity contribution in [1.82, 2.24) is 0 Å². The Bertz CT molecular complexity index is 1960. The number of sulfone groups is 2. The van der Waals surface area contributed by atoms with E-state index in [1.165, 1.54) is 12.8 Å². The van der Waals surface area contributed by atoms with E-state index in [9.17, 15) is 16.8 Å². The van der Waals surface area contributed by atoms with E-state index in [0.29, 0.717) is 28.2 Å². The lowest BCUT2D eigenvalue weighted by molar-refractivity contribution is 0.277. The fourth-order valence-corrected chi connectivity index (χ4v) is 10.7. The first-order chi connectivity index (χ1) is 23.3. The summed E-state index contributed by atoms with van der Waals surface area (Å²) in [6, 6.07) is 37.6. The van der Waals surface area contributed by atoms with E-state index < -0.39 is 24.4 Å². The summed E-state index contributed by atoms with van der Waals surface area (Å²) in [4.78, 5) is 0.792. The van der Waals surface area contributed by atoms with Gasteiger partial charge in [-0.2, -0.15) is 0 Å². The summed E-state index contributed by atoms with van der Waals surface area (Å²) in [5.74, 6) is 1.38. The zero-order chi connectivity index (χ0) is 33.6. The molecule has 4 aliphatic rings. The Morgan fingerprint density at radius 3 is 1.71 bits per heavy atom. The van der Waals surface area contributed by atoms with Crippen molar-refractivity contribution in [1.29, 1.82) is 0 Å². The molecule has 0 heterocycles. The normalized spacial score (nSPS) is 22.6. The van der Waals surface area contributed by atoms with Gasteiger partial charge >= 0.3 is 0 Å². The molecule has 0 radical (unpaired) electrons. The van der Waals surface area contributed by atoms with E-state index in [1.54, 1.807) is 66.8 Å². The minimum atomic E-state index is -3.53. The molecule has 0 aliphatic heterocycles. The fraction of sp³-hybridized carbons (Fsp3) is 0.268. The summed E-state index contributed by atoms with van der Waals surface area (Å²) in [6.45, 7) is 0.417. The first-order valence-corrected chi connectivity index (χ1v) is 19.7. The first-order valence-electron chi connectivity index (χ1n) is 16.5. The zero-order valence-electron chi connectivity index (χ0n) is 26.8. The summed E-state index contributed by atoms with van der Waals surface area (Å²) in [7, 11) is -6.76.